The monoisotopic (exact) mass is 420 g/mol. The van der Waals surface area contributed by atoms with Gasteiger partial charge in [-0.1, -0.05) is 31.4 Å². The molecule has 0 atom stereocenters. The SMILES string of the molecule is O=C(O)/C=C/c1ccc(OCC2CCC(CCCC(F)(F)C(F)(F)F)CC2)cc1. The van der Waals surface area contributed by atoms with Crippen molar-refractivity contribution in [2.75, 3.05) is 6.61 Å². The largest absolute Gasteiger partial charge is 0.493 e. The zero-order chi connectivity index (χ0) is 21.5. The Morgan fingerprint density at radius 2 is 1.62 bits per heavy atom. The third kappa shape index (κ3) is 7.66. The molecule has 0 amide bonds. The van der Waals surface area contributed by atoms with Gasteiger partial charge in [-0.25, -0.2) is 4.79 Å². The first kappa shape index (κ1) is 23.2. The van der Waals surface area contributed by atoms with Crippen LogP contribution in [0, 0.1) is 11.8 Å². The van der Waals surface area contributed by atoms with Gasteiger partial charge < -0.3 is 9.84 Å². The van der Waals surface area contributed by atoms with Crippen molar-refractivity contribution in [3.63, 3.8) is 0 Å². The zero-order valence-electron chi connectivity index (χ0n) is 15.9. The van der Waals surface area contributed by atoms with E-state index in [2.05, 4.69) is 0 Å². The highest BCUT2D eigenvalue weighted by molar-refractivity contribution is 5.85. The molecule has 29 heavy (non-hydrogen) atoms. The van der Waals surface area contributed by atoms with Crippen LogP contribution in [-0.4, -0.2) is 29.8 Å². The summed E-state index contributed by atoms with van der Waals surface area (Å²) in [6, 6.07) is 7.02. The lowest BCUT2D eigenvalue weighted by atomic mass is 9.80. The topological polar surface area (TPSA) is 46.5 Å². The summed E-state index contributed by atoms with van der Waals surface area (Å²) in [6.45, 7) is 0.517. The predicted octanol–water partition coefficient (Wildman–Crippen LogP) is 6.34. The Morgan fingerprint density at radius 3 is 2.17 bits per heavy atom. The van der Waals surface area contributed by atoms with Crippen molar-refractivity contribution in [2.45, 2.75) is 57.0 Å². The van der Waals surface area contributed by atoms with Crippen LogP contribution >= 0.6 is 0 Å². The second-order valence-electron chi connectivity index (χ2n) is 7.53. The van der Waals surface area contributed by atoms with E-state index in [9.17, 15) is 26.7 Å². The molecule has 0 radical (unpaired) electrons. The van der Waals surface area contributed by atoms with E-state index in [1.165, 1.54) is 6.08 Å². The molecule has 0 aromatic heterocycles. The second-order valence-corrected chi connectivity index (χ2v) is 7.53. The predicted molar refractivity (Wildman–Crippen MR) is 98.9 cm³/mol. The Kier molecular flexibility index (Phi) is 8.05. The smallest absolute Gasteiger partial charge is 0.453 e. The molecule has 2 rings (SSSR count). The van der Waals surface area contributed by atoms with Crippen LogP contribution in [0.2, 0.25) is 0 Å². The van der Waals surface area contributed by atoms with Gasteiger partial charge in [0.05, 0.1) is 6.61 Å². The quantitative estimate of drug-likeness (QED) is 0.375. The highest BCUT2D eigenvalue weighted by Crippen LogP contribution is 2.40. The lowest BCUT2D eigenvalue weighted by Crippen LogP contribution is -2.36. The van der Waals surface area contributed by atoms with Gasteiger partial charge in [0.2, 0.25) is 0 Å². The number of carbonyl (C=O) groups is 1. The van der Waals surface area contributed by atoms with Gasteiger partial charge in [-0.15, -0.1) is 0 Å². The van der Waals surface area contributed by atoms with Crippen molar-refractivity contribution in [1.82, 2.24) is 0 Å². The highest BCUT2D eigenvalue weighted by Gasteiger charge is 2.56. The summed E-state index contributed by atoms with van der Waals surface area (Å²) in [7, 11) is 0. The number of hydrogen-bond acceptors (Lipinski definition) is 2. The average molecular weight is 420 g/mol. The number of halogens is 5. The van der Waals surface area contributed by atoms with Crippen LogP contribution in [0.4, 0.5) is 22.0 Å². The van der Waals surface area contributed by atoms with Crippen molar-refractivity contribution >= 4 is 12.0 Å². The molecule has 0 bridgehead atoms. The molecule has 0 saturated heterocycles. The van der Waals surface area contributed by atoms with E-state index in [4.69, 9.17) is 9.84 Å². The highest BCUT2D eigenvalue weighted by atomic mass is 19.4. The minimum atomic E-state index is -5.47. The normalized spacial score (nSPS) is 20.7. The number of hydrogen-bond donors (Lipinski definition) is 1. The van der Waals surface area contributed by atoms with Gasteiger partial charge in [0.15, 0.2) is 0 Å². The van der Waals surface area contributed by atoms with E-state index in [1.807, 2.05) is 0 Å². The maximum absolute atomic E-state index is 12.9. The molecule has 1 N–H and O–H groups in total. The lowest BCUT2D eigenvalue weighted by Gasteiger charge is -2.29. The summed E-state index contributed by atoms with van der Waals surface area (Å²) >= 11 is 0. The van der Waals surface area contributed by atoms with Crippen LogP contribution in [-0.2, 0) is 4.79 Å². The first-order chi connectivity index (χ1) is 13.6. The van der Waals surface area contributed by atoms with Gasteiger partial charge in [-0.05, 0) is 54.9 Å². The van der Waals surface area contributed by atoms with Crippen LogP contribution in [0.5, 0.6) is 5.75 Å². The zero-order valence-corrected chi connectivity index (χ0v) is 15.9. The molecule has 1 aliphatic rings. The molecule has 1 aliphatic carbocycles. The summed E-state index contributed by atoms with van der Waals surface area (Å²) < 4.78 is 68.2. The number of rotatable bonds is 9. The van der Waals surface area contributed by atoms with Crippen LogP contribution in [0.1, 0.15) is 50.5 Å². The van der Waals surface area contributed by atoms with E-state index >= 15 is 0 Å². The molecule has 1 aromatic rings. The average Bonchev–Trinajstić information content (AvgIpc) is 2.65. The molecular weight excluding hydrogens is 395 g/mol. The molecule has 3 nitrogen and oxygen atoms in total. The van der Waals surface area contributed by atoms with E-state index in [1.54, 1.807) is 24.3 Å². The molecule has 0 unspecified atom stereocenters. The molecule has 1 fully saturated rings. The number of carboxylic acid groups (broad SMARTS) is 1. The van der Waals surface area contributed by atoms with Crippen LogP contribution < -0.4 is 4.74 Å². The van der Waals surface area contributed by atoms with E-state index < -0.39 is 24.5 Å². The maximum Gasteiger partial charge on any atom is 0.453 e. The van der Waals surface area contributed by atoms with Crippen molar-refractivity contribution in [3.8, 4) is 5.75 Å². The minimum absolute atomic E-state index is 0.124. The number of alkyl halides is 5. The van der Waals surface area contributed by atoms with Gasteiger partial charge >= 0.3 is 18.1 Å². The summed E-state index contributed by atoms with van der Waals surface area (Å²) in [5, 5.41) is 8.60. The fraction of sp³-hybridized carbons (Fsp3) is 0.571. The third-order valence-corrected chi connectivity index (χ3v) is 5.27. The summed E-state index contributed by atoms with van der Waals surface area (Å²) in [5.41, 5.74) is 0.747. The van der Waals surface area contributed by atoms with Crippen LogP contribution in [0.25, 0.3) is 6.08 Å². The number of ether oxygens (including phenoxy) is 1. The maximum atomic E-state index is 12.9. The summed E-state index contributed by atoms with van der Waals surface area (Å²) in [4.78, 5) is 10.5. The van der Waals surface area contributed by atoms with E-state index in [0.717, 1.165) is 37.3 Å². The van der Waals surface area contributed by atoms with Crippen molar-refractivity contribution in [1.29, 1.82) is 0 Å². The summed E-state index contributed by atoms with van der Waals surface area (Å²) in [6.07, 6.45) is -0.458. The van der Waals surface area contributed by atoms with Gasteiger partial charge in [-0.2, -0.15) is 22.0 Å². The van der Waals surface area contributed by atoms with Gasteiger partial charge in [0.1, 0.15) is 5.75 Å². The second kappa shape index (κ2) is 10.1. The first-order valence-electron chi connectivity index (χ1n) is 9.65. The van der Waals surface area contributed by atoms with E-state index in [0.29, 0.717) is 24.7 Å². The van der Waals surface area contributed by atoms with Crippen LogP contribution in [0.3, 0.4) is 0 Å². The van der Waals surface area contributed by atoms with Gasteiger partial charge in [-0.3, -0.25) is 0 Å². The Hall–Kier alpha value is -2.12. The van der Waals surface area contributed by atoms with Crippen LogP contribution in [0.15, 0.2) is 30.3 Å². The third-order valence-electron chi connectivity index (χ3n) is 5.27. The summed E-state index contributed by atoms with van der Waals surface area (Å²) in [5.74, 6) is -4.43. The molecule has 1 saturated carbocycles. The number of benzene rings is 1. The fourth-order valence-electron chi connectivity index (χ4n) is 3.50. The Morgan fingerprint density at radius 1 is 1.03 bits per heavy atom. The van der Waals surface area contributed by atoms with Crippen molar-refractivity contribution in [3.05, 3.63) is 35.9 Å². The minimum Gasteiger partial charge on any atom is -0.493 e. The molecule has 162 valence electrons. The molecule has 8 heteroatoms. The van der Waals surface area contributed by atoms with E-state index in [-0.39, 0.29) is 12.3 Å². The molecule has 0 spiro atoms. The molecule has 0 heterocycles. The van der Waals surface area contributed by atoms with Gasteiger partial charge in [0.25, 0.3) is 0 Å². The molecule has 1 aromatic carbocycles. The first-order valence-corrected chi connectivity index (χ1v) is 9.65. The van der Waals surface area contributed by atoms with Crippen molar-refractivity contribution < 1.29 is 36.6 Å². The molecule has 0 aliphatic heterocycles. The Bertz CT molecular complexity index is 675. The lowest BCUT2D eigenvalue weighted by molar-refractivity contribution is -0.284. The van der Waals surface area contributed by atoms with Crippen molar-refractivity contribution in [2.24, 2.45) is 11.8 Å². The standard InChI is InChI=1S/C21H25F5O3/c22-20(23,21(24,25)26)13-1-2-15-3-5-17(6-4-15)14-29-18-10-7-16(8-11-18)9-12-19(27)28/h7-12,15,17H,1-6,13-14H2,(H,27,28)/b12-9+. The van der Waals surface area contributed by atoms with Gasteiger partial charge in [0, 0.05) is 12.5 Å². The Labute approximate surface area is 166 Å². The Balaban J connectivity index is 1.66. The molecular formula is C21H25F5O3. The number of aliphatic carboxylic acids is 1. The number of carboxylic acids is 1. The fourth-order valence-corrected chi connectivity index (χ4v) is 3.50.